The molecule has 2 rings (SSSR count). The van der Waals surface area contributed by atoms with Crippen LogP contribution in [0, 0.1) is 0 Å². The van der Waals surface area contributed by atoms with Crippen molar-refractivity contribution in [2.75, 3.05) is 5.75 Å². The number of carboxylic acid groups (broad SMARTS) is 1. The molecule has 0 radical (unpaired) electrons. The Bertz CT molecular complexity index is 583. The van der Waals surface area contributed by atoms with Crippen LogP contribution >= 0.6 is 11.8 Å². The maximum Gasteiger partial charge on any atom is 0.313 e. The molecule has 7 heteroatoms. The van der Waals surface area contributed by atoms with E-state index in [-0.39, 0.29) is 11.7 Å². The molecule has 0 aliphatic rings. The zero-order chi connectivity index (χ0) is 14.5. The van der Waals surface area contributed by atoms with Crippen LogP contribution in [0.4, 0.5) is 0 Å². The van der Waals surface area contributed by atoms with Gasteiger partial charge in [0.05, 0.1) is 12.3 Å². The van der Waals surface area contributed by atoms with Crippen LogP contribution in [0.15, 0.2) is 29.7 Å². The van der Waals surface area contributed by atoms with Crippen LogP contribution in [0.2, 0.25) is 0 Å². The van der Waals surface area contributed by atoms with Crippen LogP contribution in [0.25, 0.3) is 0 Å². The first-order chi connectivity index (χ1) is 9.58. The van der Waals surface area contributed by atoms with Gasteiger partial charge in [-0.05, 0) is 17.7 Å². The van der Waals surface area contributed by atoms with Gasteiger partial charge in [-0.3, -0.25) is 9.78 Å². The van der Waals surface area contributed by atoms with E-state index in [1.54, 1.807) is 12.4 Å². The molecule has 0 fully saturated rings. The van der Waals surface area contributed by atoms with Crippen molar-refractivity contribution in [3.05, 3.63) is 35.9 Å². The Labute approximate surface area is 121 Å². The minimum absolute atomic E-state index is 0.0213. The Hall–Kier alpha value is -1.89. The van der Waals surface area contributed by atoms with Crippen LogP contribution in [0.1, 0.15) is 31.2 Å². The molecule has 2 aromatic heterocycles. The van der Waals surface area contributed by atoms with Crippen molar-refractivity contribution in [2.45, 2.75) is 31.5 Å². The number of pyridine rings is 1. The van der Waals surface area contributed by atoms with Crippen LogP contribution < -0.4 is 0 Å². The van der Waals surface area contributed by atoms with Gasteiger partial charge in [0.2, 0.25) is 0 Å². The highest BCUT2D eigenvalue weighted by atomic mass is 32.2. The highest BCUT2D eigenvalue weighted by Crippen LogP contribution is 2.22. The van der Waals surface area contributed by atoms with Gasteiger partial charge in [0.15, 0.2) is 5.16 Å². The Morgan fingerprint density at radius 2 is 2.05 bits per heavy atom. The van der Waals surface area contributed by atoms with Crippen molar-refractivity contribution in [3.63, 3.8) is 0 Å². The highest BCUT2D eigenvalue weighted by Gasteiger charge is 2.16. The minimum Gasteiger partial charge on any atom is -0.481 e. The Balaban J connectivity index is 2.27. The van der Waals surface area contributed by atoms with Crippen LogP contribution in [0.3, 0.4) is 0 Å². The lowest BCUT2D eigenvalue weighted by Crippen LogP contribution is -2.09. The molecule has 20 heavy (non-hydrogen) atoms. The SMILES string of the molecule is CC(C)c1nnc(SCC(=O)O)n1Cc1ccncc1. The summed E-state index contributed by atoms with van der Waals surface area (Å²) in [7, 11) is 0. The molecule has 0 amide bonds. The van der Waals surface area contributed by atoms with E-state index in [1.807, 2.05) is 30.5 Å². The number of thioether (sulfide) groups is 1. The predicted molar refractivity (Wildman–Crippen MR) is 75.8 cm³/mol. The van der Waals surface area contributed by atoms with Gasteiger partial charge in [-0.1, -0.05) is 25.6 Å². The summed E-state index contributed by atoms with van der Waals surface area (Å²) in [5.41, 5.74) is 1.08. The third-order valence-electron chi connectivity index (χ3n) is 2.68. The number of hydrogen-bond donors (Lipinski definition) is 1. The first-order valence-electron chi connectivity index (χ1n) is 6.24. The summed E-state index contributed by atoms with van der Waals surface area (Å²) in [4.78, 5) is 14.7. The average Bonchev–Trinajstić information content (AvgIpc) is 2.80. The van der Waals surface area contributed by atoms with Gasteiger partial charge in [-0.15, -0.1) is 10.2 Å². The third kappa shape index (κ3) is 3.57. The monoisotopic (exact) mass is 292 g/mol. The van der Waals surface area contributed by atoms with E-state index in [0.29, 0.717) is 11.7 Å². The maximum atomic E-state index is 10.7. The zero-order valence-electron chi connectivity index (χ0n) is 11.4. The van der Waals surface area contributed by atoms with Crippen molar-refractivity contribution < 1.29 is 9.90 Å². The highest BCUT2D eigenvalue weighted by molar-refractivity contribution is 7.99. The number of nitrogens with zero attached hydrogens (tertiary/aromatic N) is 4. The lowest BCUT2D eigenvalue weighted by atomic mass is 10.2. The number of rotatable bonds is 6. The molecule has 0 aliphatic heterocycles. The molecular weight excluding hydrogens is 276 g/mol. The summed E-state index contributed by atoms with van der Waals surface area (Å²) in [6.45, 7) is 4.70. The first-order valence-corrected chi connectivity index (χ1v) is 7.23. The zero-order valence-corrected chi connectivity index (χ0v) is 12.2. The lowest BCUT2D eigenvalue weighted by Gasteiger charge is -2.11. The van der Waals surface area contributed by atoms with E-state index in [1.165, 1.54) is 11.8 Å². The van der Waals surface area contributed by atoms with E-state index in [2.05, 4.69) is 15.2 Å². The number of carboxylic acids is 1. The molecular formula is C13H16N4O2S. The molecule has 0 spiro atoms. The van der Waals surface area contributed by atoms with E-state index in [0.717, 1.165) is 11.4 Å². The topological polar surface area (TPSA) is 80.9 Å². The molecule has 2 heterocycles. The summed E-state index contributed by atoms with van der Waals surface area (Å²) in [5, 5.41) is 17.7. The molecule has 0 aliphatic carbocycles. The molecule has 2 aromatic rings. The number of carbonyl (C=O) groups is 1. The summed E-state index contributed by atoms with van der Waals surface area (Å²) in [6, 6.07) is 3.85. The van der Waals surface area contributed by atoms with E-state index >= 15 is 0 Å². The second kappa shape index (κ2) is 6.51. The minimum atomic E-state index is -0.862. The normalized spacial score (nSPS) is 10.9. The standard InChI is InChI=1S/C13H16N4O2S/c1-9(2)12-15-16-13(20-8-11(18)19)17(12)7-10-3-5-14-6-4-10/h3-6,9H,7-8H2,1-2H3,(H,18,19). The Morgan fingerprint density at radius 3 is 2.65 bits per heavy atom. The van der Waals surface area contributed by atoms with Crippen molar-refractivity contribution in [2.24, 2.45) is 0 Å². The van der Waals surface area contributed by atoms with Gasteiger partial charge in [0.25, 0.3) is 0 Å². The molecule has 0 bridgehead atoms. The second-order valence-corrected chi connectivity index (χ2v) is 5.56. The second-order valence-electron chi connectivity index (χ2n) is 4.62. The quantitative estimate of drug-likeness (QED) is 0.820. The van der Waals surface area contributed by atoms with Gasteiger partial charge in [-0.25, -0.2) is 0 Å². The van der Waals surface area contributed by atoms with Gasteiger partial charge in [-0.2, -0.15) is 0 Å². The summed E-state index contributed by atoms with van der Waals surface area (Å²) in [5.74, 6) is 0.199. The van der Waals surface area contributed by atoms with Crippen LogP contribution in [0.5, 0.6) is 0 Å². The summed E-state index contributed by atoms with van der Waals surface area (Å²) in [6.07, 6.45) is 3.47. The number of aliphatic carboxylic acids is 1. The van der Waals surface area contributed by atoms with Crippen molar-refractivity contribution >= 4 is 17.7 Å². The molecule has 0 atom stereocenters. The Kier molecular flexibility index (Phi) is 4.73. The maximum absolute atomic E-state index is 10.7. The van der Waals surface area contributed by atoms with Gasteiger partial charge in [0, 0.05) is 18.3 Å². The lowest BCUT2D eigenvalue weighted by molar-refractivity contribution is -0.133. The Morgan fingerprint density at radius 1 is 1.35 bits per heavy atom. The third-order valence-corrected chi connectivity index (χ3v) is 3.63. The molecule has 0 unspecified atom stereocenters. The fraction of sp³-hybridized carbons (Fsp3) is 0.385. The van der Waals surface area contributed by atoms with Gasteiger partial charge < -0.3 is 9.67 Å². The molecule has 106 valence electrons. The fourth-order valence-corrected chi connectivity index (χ4v) is 2.44. The molecule has 0 aromatic carbocycles. The predicted octanol–water partition coefficient (Wildman–Crippen LogP) is 2.02. The largest absolute Gasteiger partial charge is 0.481 e. The van der Waals surface area contributed by atoms with Crippen molar-refractivity contribution in [1.29, 1.82) is 0 Å². The fourth-order valence-electron chi connectivity index (χ4n) is 1.78. The molecule has 6 nitrogen and oxygen atoms in total. The molecule has 1 N–H and O–H groups in total. The van der Waals surface area contributed by atoms with Crippen molar-refractivity contribution in [3.8, 4) is 0 Å². The molecule has 0 saturated carbocycles. The number of hydrogen-bond acceptors (Lipinski definition) is 5. The summed E-state index contributed by atoms with van der Waals surface area (Å²) >= 11 is 1.19. The van der Waals surface area contributed by atoms with E-state index in [4.69, 9.17) is 5.11 Å². The number of aromatic nitrogens is 4. The average molecular weight is 292 g/mol. The summed E-state index contributed by atoms with van der Waals surface area (Å²) < 4.78 is 1.97. The first kappa shape index (κ1) is 14.5. The van der Waals surface area contributed by atoms with E-state index < -0.39 is 5.97 Å². The smallest absolute Gasteiger partial charge is 0.313 e. The van der Waals surface area contributed by atoms with Crippen molar-refractivity contribution in [1.82, 2.24) is 19.7 Å². The molecule has 0 saturated heterocycles. The van der Waals surface area contributed by atoms with E-state index in [9.17, 15) is 4.79 Å². The van der Waals surface area contributed by atoms with Crippen LogP contribution in [-0.2, 0) is 11.3 Å². The van der Waals surface area contributed by atoms with Gasteiger partial charge in [0.1, 0.15) is 5.82 Å². The van der Waals surface area contributed by atoms with Crippen LogP contribution in [-0.4, -0.2) is 36.6 Å². The van der Waals surface area contributed by atoms with Gasteiger partial charge >= 0.3 is 5.97 Å².